The monoisotopic (exact) mass is 442 g/mol. The van der Waals surface area contributed by atoms with E-state index in [-0.39, 0.29) is 25.3 Å². The van der Waals surface area contributed by atoms with Crippen LogP contribution in [0, 0.1) is 0 Å². The van der Waals surface area contributed by atoms with Crippen LogP contribution >= 0.6 is 11.6 Å². The van der Waals surface area contributed by atoms with Gasteiger partial charge in [-0.25, -0.2) is 4.79 Å². The number of ether oxygens (including phenoxy) is 2. The van der Waals surface area contributed by atoms with E-state index in [0.717, 1.165) is 24.5 Å². The standard InChI is InChI=1S/C22H23ClN4O4/c23-16-2-1-3-17(12-16)24-6-8-25(9-7-24)21(28)14-26-10-11-27(22(26)29)18-4-5-19-20(13-18)31-15-30-19/h1-5,12-13H,6-11,14-15H2. The average molecular weight is 443 g/mol. The third-order valence-electron chi connectivity index (χ3n) is 5.89. The van der Waals surface area contributed by atoms with Crippen LogP contribution in [-0.4, -0.2) is 74.3 Å². The van der Waals surface area contributed by atoms with Crippen LogP contribution in [0.5, 0.6) is 11.5 Å². The zero-order valence-corrected chi connectivity index (χ0v) is 17.8. The van der Waals surface area contributed by atoms with Gasteiger partial charge in [-0.1, -0.05) is 17.7 Å². The minimum atomic E-state index is -0.162. The highest BCUT2D eigenvalue weighted by atomic mass is 35.5. The fourth-order valence-electron chi connectivity index (χ4n) is 4.17. The molecule has 8 nitrogen and oxygen atoms in total. The molecule has 162 valence electrons. The van der Waals surface area contributed by atoms with Gasteiger partial charge in [-0.2, -0.15) is 0 Å². The first kappa shape index (κ1) is 19.8. The summed E-state index contributed by atoms with van der Waals surface area (Å²) in [6.45, 7) is 4.07. The van der Waals surface area contributed by atoms with Crippen LogP contribution in [0.2, 0.25) is 5.02 Å². The summed E-state index contributed by atoms with van der Waals surface area (Å²) in [4.78, 5) is 33.0. The Morgan fingerprint density at radius 2 is 1.71 bits per heavy atom. The predicted octanol–water partition coefficient (Wildman–Crippen LogP) is 2.66. The van der Waals surface area contributed by atoms with Gasteiger partial charge < -0.3 is 24.2 Å². The van der Waals surface area contributed by atoms with Gasteiger partial charge in [-0.05, 0) is 30.3 Å². The Morgan fingerprint density at radius 3 is 2.52 bits per heavy atom. The molecule has 0 aliphatic carbocycles. The second kappa shape index (κ2) is 8.19. The molecule has 3 heterocycles. The molecule has 3 aliphatic heterocycles. The van der Waals surface area contributed by atoms with E-state index in [2.05, 4.69) is 4.90 Å². The number of hydrogen-bond acceptors (Lipinski definition) is 5. The molecular formula is C22H23ClN4O4. The summed E-state index contributed by atoms with van der Waals surface area (Å²) in [5.41, 5.74) is 1.81. The van der Waals surface area contributed by atoms with E-state index < -0.39 is 0 Å². The van der Waals surface area contributed by atoms with Gasteiger partial charge in [0.1, 0.15) is 6.54 Å². The van der Waals surface area contributed by atoms with E-state index in [0.29, 0.717) is 42.7 Å². The van der Waals surface area contributed by atoms with Crippen LogP contribution < -0.4 is 19.3 Å². The first-order valence-corrected chi connectivity index (χ1v) is 10.7. The summed E-state index contributed by atoms with van der Waals surface area (Å²) in [6.07, 6.45) is 0. The molecule has 0 saturated carbocycles. The lowest BCUT2D eigenvalue weighted by Gasteiger charge is -2.36. The number of halogens is 1. The molecule has 31 heavy (non-hydrogen) atoms. The number of benzene rings is 2. The van der Waals surface area contributed by atoms with Gasteiger partial charge in [-0.3, -0.25) is 9.69 Å². The third-order valence-corrected chi connectivity index (χ3v) is 6.13. The van der Waals surface area contributed by atoms with E-state index in [1.807, 2.05) is 35.2 Å². The summed E-state index contributed by atoms with van der Waals surface area (Å²) in [5.74, 6) is 1.29. The van der Waals surface area contributed by atoms with Crippen molar-refractivity contribution in [2.45, 2.75) is 0 Å². The maximum Gasteiger partial charge on any atom is 0.325 e. The number of piperazine rings is 1. The van der Waals surface area contributed by atoms with Crippen molar-refractivity contribution in [1.29, 1.82) is 0 Å². The van der Waals surface area contributed by atoms with Gasteiger partial charge in [-0.15, -0.1) is 0 Å². The number of carbonyl (C=O) groups is 2. The molecule has 0 unspecified atom stereocenters. The second-order valence-corrected chi connectivity index (χ2v) is 8.18. The summed E-state index contributed by atoms with van der Waals surface area (Å²) >= 11 is 6.09. The van der Waals surface area contributed by atoms with E-state index in [4.69, 9.17) is 21.1 Å². The molecule has 0 N–H and O–H groups in total. The van der Waals surface area contributed by atoms with Crippen molar-refractivity contribution in [3.8, 4) is 11.5 Å². The normalized spacial score (nSPS) is 18.2. The van der Waals surface area contributed by atoms with Gasteiger partial charge in [0.2, 0.25) is 12.7 Å². The third kappa shape index (κ3) is 3.95. The fraction of sp³-hybridized carbons (Fsp3) is 0.364. The Labute approximate surface area is 185 Å². The molecule has 2 saturated heterocycles. The van der Waals surface area contributed by atoms with Crippen molar-refractivity contribution >= 4 is 34.9 Å². The van der Waals surface area contributed by atoms with Crippen molar-refractivity contribution in [3.63, 3.8) is 0 Å². The molecular weight excluding hydrogens is 420 g/mol. The number of carbonyl (C=O) groups excluding carboxylic acids is 2. The van der Waals surface area contributed by atoms with Crippen molar-refractivity contribution in [2.75, 3.05) is 62.4 Å². The summed E-state index contributed by atoms with van der Waals surface area (Å²) in [5, 5.41) is 0.704. The Morgan fingerprint density at radius 1 is 0.903 bits per heavy atom. The van der Waals surface area contributed by atoms with Gasteiger partial charge in [0.25, 0.3) is 0 Å². The molecule has 5 rings (SSSR count). The number of fused-ring (bicyclic) bond motifs is 1. The van der Waals surface area contributed by atoms with Gasteiger partial charge in [0, 0.05) is 61.7 Å². The molecule has 9 heteroatoms. The summed E-state index contributed by atoms with van der Waals surface area (Å²) in [6, 6.07) is 13.0. The van der Waals surface area contributed by atoms with Gasteiger partial charge in [0.05, 0.1) is 0 Å². The Balaban J connectivity index is 1.16. The van der Waals surface area contributed by atoms with Crippen molar-refractivity contribution in [3.05, 3.63) is 47.5 Å². The minimum absolute atomic E-state index is 0.0216. The SMILES string of the molecule is O=C(CN1CCN(c2ccc3c(c2)OCO3)C1=O)N1CCN(c2cccc(Cl)c2)CC1. The predicted molar refractivity (Wildman–Crippen MR) is 117 cm³/mol. The van der Waals surface area contributed by atoms with Crippen LogP contribution in [0.15, 0.2) is 42.5 Å². The van der Waals surface area contributed by atoms with Crippen LogP contribution in [0.4, 0.5) is 16.2 Å². The number of hydrogen-bond donors (Lipinski definition) is 0. The zero-order chi connectivity index (χ0) is 21.4. The fourth-order valence-corrected chi connectivity index (χ4v) is 4.36. The Bertz CT molecular complexity index is 1010. The molecule has 0 radical (unpaired) electrons. The highest BCUT2D eigenvalue weighted by Gasteiger charge is 2.33. The van der Waals surface area contributed by atoms with E-state index >= 15 is 0 Å². The number of anilines is 2. The second-order valence-electron chi connectivity index (χ2n) is 7.74. The van der Waals surface area contributed by atoms with Crippen LogP contribution in [0.1, 0.15) is 0 Å². The molecule has 0 atom stereocenters. The number of nitrogens with zero attached hydrogens (tertiary/aromatic N) is 4. The maximum absolute atomic E-state index is 12.9. The van der Waals surface area contributed by atoms with Gasteiger partial charge >= 0.3 is 6.03 Å². The Hall–Kier alpha value is -3.13. The molecule has 0 bridgehead atoms. The number of amides is 3. The van der Waals surface area contributed by atoms with Crippen LogP contribution in [0.3, 0.4) is 0 Å². The Kier molecular flexibility index (Phi) is 5.23. The van der Waals surface area contributed by atoms with Crippen molar-refractivity contribution < 1.29 is 19.1 Å². The van der Waals surface area contributed by atoms with E-state index in [1.54, 1.807) is 21.9 Å². The number of urea groups is 1. The average Bonchev–Trinajstić information content (AvgIpc) is 3.40. The van der Waals surface area contributed by atoms with E-state index in [9.17, 15) is 9.59 Å². The minimum Gasteiger partial charge on any atom is -0.454 e. The van der Waals surface area contributed by atoms with Crippen LogP contribution in [-0.2, 0) is 4.79 Å². The highest BCUT2D eigenvalue weighted by Crippen LogP contribution is 2.36. The smallest absolute Gasteiger partial charge is 0.325 e. The summed E-state index contributed by atoms with van der Waals surface area (Å²) in [7, 11) is 0. The van der Waals surface area contributed by atoms with Crippen molar-refractivity contribution in [1.82, 2.24) is 9.80 Å². The topological polar surface area (TPSA) is 65.6 Å². The van der Waals surface area contributed by atoms with Crippen LogP contribution in [0.25, 0.3) is 0 Å². The maximum atomic E-state index is 12.9. The largest absolute Gasteiger partial charge is 0.454 e. The number of rotatable bonds is 4. The first-order valence-electron chi connectivity index (χ1n) is 10.3. The molecule has 3 amide bonds. The summed E-state index contributed by atoms with van der Waals surface area (Å²) < 4.78 is 10.7. The lowest BCUT2D eigenvalue weighted by Crippen LogP contribution is -2.51. The van der Waals surface area contributed by atoms with Gasteiger partial charge in [0.15, 0.2) is 11.5 Å². The first-order chi connectivity index (χ1) is 15.1. The quantitative estimate of drug-likeness (QED) is 0.728. The highest BCUT2D eigenvalue weighted by molar-refractivity contribution is 6.30. The zero-order valence-electron chi connectivity index (χ0n) is 17.0. The molecule has 0 spiro atoms. The molecule has 0 aromatic heterocycles. The molecule has 2 fully saturated rings. The van der Waals surface area contributed by atoms with E-state index in [1.165, 1.54) is 0 Å². The molecule has 2 aromatic rings. The lowest BCUT2D eigenvalue weighted by atomic mass is 10.2. The molecule has 2 aromatic carbocycles. The molecule has 3 aliphatic rings. The van der Waals surface area contributed by atoms with Crippen molar-refractivity contribution in [2.24, 2.45) is 0 Å². The lowest BCUT2D eigenvalue weighted by molar-refractivity contribution is -0.131.